The Kier molecular flexibility index (Phi) is 3.12. The van der Waals surface area contributed by atoms with Gasteiger partial charge in [0.2, 0.25) is 0 Å². The van der Waals surface area contributed by atoms with E-state index >= 15 is 0 Å². The summed E-state index contributed by atoms with van der Waals surface area (Å²) in [5.41, 5.74) is 1.33. The average molecular weight is 288 g/mol. The predicted molar refractivity (Wildman–Crippen MR) is 74.7 cm³/mol. The van der Waals surface area contributed by atoms with E-state index < -0.39 is 11.7 Å². The fraction of sp³-hybridized carbons (Fsp3) is 0.125. The number of aryl methyl sites for hydroxylation is 1. The van der Waals surface area contributed by atoms with Crippen LogP contribution in [-0.2, 0) is 6.18 Å². The highest BCUT2D eigenvalue weighted by Gasteiger charge is 2.33. The number of aromatic nitrogens is 2. The largest absolute Gasteiger partial charge is 0.417 e. The van der Waals surface area contributed by atoms with E-state index in [0.717, 1.165) is 11.6 Å². The van der Waals surface area contributed by atoms with Crippen molar-refractivity contribution in [2.75, 3.05) is 0 Å². The normalized spacial score (nSPS) is 11.8. The number of alkyl halides is 3. The van der Waals surface area contributed by atoms with E-state index in [-0.39, 0.29) is 16.7 Å². The molecule has 21 heavy (non-hydrogen) atoms. The van der Waals surface area contributed by atoms with Crippen LogP contribution in [0.4, 0.5) is 13.2 Å². The molecule has 0 aliphatic rings. The van der Waals surface area contributed by atoms with E-state index in [0.29, 0.717) is 5.56 Å². The monoisotopic (exact) mass is 288 g/mol. The minimum absolute atomic E-state index is 0.0147. The summed E-state index contributed by atoms with van der Waals surface area (Å²) in [7, 11) is 0. The lowest BCUT2D eigenvalue weighted by atomic mass is 10.0. The van der Waals surface area contributed by atoms with Gasteiger partial charge < -0.3 is 0 Å². The second-order valence-corrected chi connectivity index (χ2v) is 4.79. The molecule has 0 amide bonds. The summed E-state index contributed by atoms with van der Waals surface area (Å²) in [4.78, 5) is 8.19. The van der Waals surface area contributed by atoms with Gasteiger partial charge in [-0.2, -0.15) is 13.2 Å². The molecule has 0 fully saturated rings. The predicted octanol–water partition coefficient (Wildman–Crippen LogP) is 4.62. The minimum atomic E-state index is -4.44. The quantitative estimate of drug-likeness (QED) is 0.652. The molecule has 0 radical (unpaired) electrons. The van der Waals surface area contributed by atoms with Crippen LogP contribution in [0.5, 0.6) is 0 Å². The van der Waals surface area contributed by atoms with Crippen LogP contribution in [0.25, 0.3) is 22.3 Å². The second kappa shape index (κ2) is 4.84. The fourth-order valence-corrected chi connectivity index (χ4v) is 2.16. The second-order valence-electron chi connectivity index (χ2n) is 4.79. The number of hydrogen-bond acceptors (Lipinski definition) is 2. The highest BCUT2D eigenvalue weighted by Crippen LogP contribution is 2.36. The maximum absolute atomic E-state index is 13.2. The first-order chi connectivity index (χ1) is 9.95. The molecular weight excluding hydrogens is 277 g/mol. The first kappa shape index (κ1) is 13.5. The Morgan fingerprint density at radius 3 is 2.38 bits per heavy atom. The smallest absolute Gasteiger partial charge is 0.237 e. The van der Waals surface area contributed by atoms with E-state index in [4.69, 9.17) is 0 Å². The standard InChI is InChI=1S/C16H11F3N2/c1-10-4-6-11(7-5-10)14-9-13(16(17,18)19)12-3-2-8-20-15(12)21-14/h2-9H,1H3. The van der Waals surface area contributed by atoms with Crippen LogP contribution in [0.1, 0.15) is 11.1 Å². The Morgan fingerprint density at radius 1 is 1.00 bits per heavy atom. The Labute approximate surface area is 119 Å². The third kappa shape index (κ3) is 2.59. The highest BCUT2D eigenvalue weighted by molar-refractivity contribution is 5.82. The summed E-state index contributed by atoms with van der Waals surface area (Å²) in [6.45, 7) is 1.92. The van der Waals surface area contributed by atoms with E-state index in [1.807, 2.05) is 19.1 Å². The van der Waals surface area contributed by atoms with Crippen LogP contribution < -0.4 is 0 Å². The van der Waals surface area contributed by atoms with Crippen LogP contribution in [0.15, 0.2) is 48.7 Å². The molecule has 0 unspecified atom stereocenters. The van der Waals surface area contributed by atoms with E-state index in [1.165, 1.54) is 18.3 Å². The lowest BCUT2D eigenvalue weighted by Gasteiger charge is -2.12. The zero-order valence-electron chi connectivity index (χ0n) is 11.1. The number of rotatable bonds is 1. The van der Waals surface area contributed by atoms with Gasteiger partial charge in [-0.15, -0.1) is 0 Å². The van der Waals surface area contributed by atoms with Crippen LogP contribution in [0.3, 0.4) is 0 Å². The number of halogens is 3. The van der Waals surface area contributed by atoms with Gasteiger partial charge in [0.05, 0.1) is 11.3 Å². The molecule has 0 atom stereocenters. The molecule has 2 heterocycles. The van der Waals surface area contributed by atoms with Crippen molar-refractivity contribution in [2.45, 2.75) is 13.1 Å². The summed E-state index contributed by atoms with van der Waals surface area (Å²) in [6, 6.07) is 11.1. The molecular formula is C16H11F3N2. The van der Waals surface area contributed by atoms with E-state index in [2.05, 4.69) is 9.97 Å². The van der Waals surface area contributed by atoms with Crippen molar-refractivity contribution < 1.29 is 13.2 Å². The number of nitrogens with zero attached hydrogens (tertiary/aromatic N) is 2. The maximum Gasteiger partial charge on any atom is 0.417 e. The van der Waals surface area contributed by atoms with Gasteiger partial charge >= 0.3 is 6.18 Å². The van der Waals surface area contributed by atoms with Gasteiger partial charge in [0.25, 0.3) is 0 Å². The molecule has 0 bridgehead atoms. The van der Waals surface area contributed by atoms with Crippen molar-refractivity contribution in [2.24, 2.45) is 0 Å². The first-order valence-corrected chi connectivity index (χ1v) is 6.35. The number of fused-ring (bicyclic) bond motifs is 1. The zero-order valence-corrected chi connectivity index (χ0v) is 11.1. The molecule has 0 aliphatic heterocycles. The zero-order chi connectivity index (χ0) is 15.0. The number of benzene rings is 1. The van der Waals surface area contributed by atoms with Gasteiger partial charge in [0, 0.05) is 17.1 Å². The molecule has 5 heteroatoms. The molecule has 0 saturated heterocycles. The lowest BCUT2D eigenvalue weighted by Crippen LogP contribution is -2.07. The molecule has 0 spiro atoms. The van der Waals surface area contributed by atoms with E-state index in [1.54, 1.807) is 12.1 Å². The van der Waals surface area contributed by atoms with Crippen LogP contribution in [0.2, 0.25) is 0 Å². The Balaban J connectivity index is 2.28. The van der Waals surface area contributed by atoms with Crippen molar-refractivity contribution >= 4 is 11.0 Å². The topological polar surface area (TPSA) is 25.8 Å². The van der Waals surface area contributed by atoms with Gasteiger partial charge in [-0.3, -0.25) is 0 Å². The Morgan fingerprint density at radius 2 is 1.71 bits per heavy atom. The lowest BCUT2D eigenvalue weighted by molar-refractivity contribution is -0.136. The Hall–Kier alpha value is -2.43. The van der Waals surface area contributed by atoms with Crippen LogP contribution >= 0.6 is 0 Å². The van der Waals surface area contributed by atoms with Gasteiger partial charge in [0.15, 0.2) is 5.65 Å². The molecule has 3 rings (SSSR count). The first-order valence-electron chi connectivity index (χ1n) is 6.35. The third-order valence-corrected chi connectivity index (χ3v) is 3.24. The van der Waals surface area contributed by atoms with Gasteiger partial charge in [-0.25, -0.2) is 9.97 Å². The Bertz CT molecular complexity index is 793. The van der Waals surface area contributed by atoms with E-state index in [9.17, 15) is 13.2 Å². The SMILES string of the molecule is Cc1ccc(-c2cc(C(F)(F)F)c3cccnc3n2)cc1. The molecule has 0 N–H and O–H groups in total. The molecule has 3 aromatic rings. The van der Waals surface area contributed by atoms with Crippen molar-refractivity contribution in [1.82, 2.24) is 9.97 Å². The number of hydrogen-bond donors (Lipinski definition) is 0. The summed E-state index contributed by atoms with van der Waals surface area (Å²) in [5.74, 6) is 0. The van der Waals surface area contributed by atoms with Crippen molar-refractivity contribution in [1.29, 1.82) is 0 Å². The summed E-state index contributed by atoms with van der Waals surface area (Å²) in [5, 5.41) is 0.0147. The average Bonchev–Trinajstić information content (AvgIpc) is 2.46. The maximum atomic E-state index is 13.2. The third-order valence-electron chi connectivity index (χ3n) is 3.24. The van der Waals surface area contributed by atoms with Crippen molar-refractivity contribution in [3.05, 3.63) is 59.8 Å². The number of pyridine rings is 2. The summed E-state index contributed by atoms with van der Waals surface area (Å²) >= 11 is 0. The van der Waals surface area contributed by atoms with Gasteiger partial charge in [0.1, 0.15) is 0 Å². The minimum Gasteiger partial charge on any atom is -0.237 e. The molecule has 1 aromatic carbocycles. The molecule has 0 aliphatic carbocycles. The molecule has 2 nitrogen and oxygen atoms in total. The molecule has 2 aromatic heterocycles. The van der Waals surface area contributed by atoms with Gasteiger partial charge in [-0.05, 0) is 25.1 Å². The molecule has 0 saturated carbocycles. The van der Waals surface area contributed by atoms with Crippen LogP contribution in [0, 0.1) is 6.92 Å². The van der Waals surface area contributed by atoms with Gasteiger partial charge in [-0.1, -0.05) is 29.8 Å². The van der Waals surface area contributed by atoms with Crippen LogP contribution in [-0.4, -0.2) is 9.97 Å². The fourth-order valence-electron chi connectivity index (χ4n) is 2.16. The highest BCUT2D eigenvalue weighted by atomic mass is 19.4. The van der Waals surface area contributed by atoms with Crippen molar-refractivity contribution in [3.8, 4) is 11.3 Å². The summed E-state index contributed by atoms with van der Waals surface area (Å²) < 4.78 is 39.7. The van der Waals surface area contributed by atoms with Crippen molar-refractivity contribution in [3.63, 3.8) is 0 Å². The molecule has 106 valence electrons. The summed E-state index contributed by atoms with van der Waals surface area (Å²) in [6.07, 6.45) is -3.00.